The summed E-state index contributed by atoms with van der Waals surface area (Å²) in [7, 11) is 0. The van der Waals surface area contributed by atoms with Gasteiger partial charge in [-0.05, 0) is 59.4 Å². The third-order valence-corrected chi connectivity index (χ3v) is 4.54. The molecule has 0 amide bonds. The largest absolute Gasteiger partial charge is 0.489 e. The van der Waals surface area contributed by atoms with Crippen LogP contribution in [0.5, 0.6) is 11.5 Å². The summed E-state index contributed by atoms with van der Waals surface area (Å²) in [6, 6.07) is 2.65. The van der Waals surface area contributed by atoms with E-state index in [2.05, 4.69) is 34.2 Å². The number of hydrogen-bond acceptors (Lipinski definition) is 3. The van der Waals surface area contributed by atoms with Gasteiger partial charge in [-0.2, -0.15) is 0 Å². The van der Waals surface area contributed by atoms with Gasteiger partial charge >= 0.3 is 0 Å². The Morgan fingerprint density at radius 3 is 2.68 bits per heavy atom. The first kappa shape index (κ1) is 13.3. The minimum Gasteiger partial charge on any atom is -0.489 e. The molecule has 1 unspecified atom stereocenters. The van der Waals surface area contributed by atoms with Crippen LogP contribution >= 0.6 is 15.9 Å². The third kappa shape index (κ3) is 2.61. The number of fused-ring (bicyclic) bond motifs is 1. The molecule has 1 N–H and O–H groups in total. The number of benzene rings is 1. The lowest BCUT2D eigenvalue weighted by atomic mass is 9.93. The van der Waals surface area contributed by atoms with E-state index in [0.717, 1.165) is 42.2 Å². The first-order valence-electron chi connectivity index (χ1n) is 7.09. The molecule has 19 heavy (non-hydrogen) atoms. The Hall–Kier alpha value is -0.740. The van der Waals surface area contributed by atoms with Gasteiger partial charge in [0.25, 0.3) is 0 Å². The molecule has 2 aliphatic rings. The molecule has 3 rings (SSSR count). The standard InChI is InChI=1S/C15H20BrNO2/c1-10-11(13-5-2-3-6-17-13)9-12(16)15-14(10)18-7-4-8-19-15/h9,13,17H,2-8H2,1H3. The average molecular weight is 326 g/mol. The fourth-order valence-electron chi connectivity index (χ4n) is 2.92. The van der Waals surface area contributed by atoms with Gasteiger partial charge in [0.05, 0.1) is 17.7 Å². The molecule has 0 aliphatic carbocycles. The minimum absolute atomic E-state index is 0.446. The minimum atomic E-state index is 0.446. The van der Waals surface area contributed by atoms with Gasteiger partial charge in [0, 0.05) is 12.5 Å². The molecular formula is C15H20BrNO2. The predicted octanol–water partition coefficient (Wildman–Crippen LogP) is 3.73. The van der Waals surface area contributed by atoms with Crippen LogP contribution in [0.3, 0.4) is 0 Å². The maximum Gasteiger partial charge on any atom is 0.175 e. The van der Waals surface area contributed by atoms with Crippen LogP contribution in [0.25, 0.3) is 0 Å². The maximum absolute atomic E-state index is 5.91. The van der Waals surface area contributed by atoms with E-state index in [9.17, 15) is 0 Å². The Bertz CT molecular complexity index is 470. The van der Waals surface area contributed by atoms with Crippen molar-refractivity contribution in [1.29, 1.82) is 0 Å². The van der Waals surface area contributed by atoms with E-state index in [-0.39, 0.29) is 0 Å². The van der Waals surface area contributed by atoms with Crippen molar-refractivity contribution in [3.63, 3.8) is 0 Å². The van der Waals surface area contributed by atoms with Crippen LogP contribution in [0.15, 0.2) is 10.5 Å². The zero-order valence-electron chi connectivity index (χ0n) is 11.3. The zero-order valence-corrected chi connectivity index (χ0v) is 12.9. The molecule has 104 valence electrons. The Morgan fingerprint density at radius 2 is 1.95 bits per heavy atom. The highest BCUT2D eigenvalue weighted by Gasteiger charge is 2.24. The molecular weight excluding hydrogens is 306 g/mol. The highest BCUT2D eigenvalue weighted by Crippen LogP contribution is 2.43. The third-order valence-electron chi connectivity index (χ3n) is 3.95. The van der Waals surface area contributed by atoms with E-state index in [4.69, 9.17) is 9.47 Å². The fraction of sp³-hybridized carbons (Fsp3) is 0.600. The van der Waals surface area contributed by atoms with Crippen LogP contribution in [0.2, 0.25) is 0 Å². The SMILES string of the molecule is Cc1c(C2CCCCN2)cc(Br)c2c1OCCCO2. The van der Waals surface area contributed by atoms with Gasteiger partial charge in [-0.1, -0.05) is 6.42 Å². The zero-order chi connectivity index (χ0) is 13.2. The smallest absolute Gasteiger partial charge is 0.175 e. The summed E-state index contributed by atoms with van der Waals surface area (Å²) >= 11 is 3.64. The molecule has 0 saturated carbocycles. The first-order valence-corrected chi connectivity index (χ1v) is 7.88. The highest BCUT2D eigenvalue weighted by molar-refractivity contribution is 9.10. The molecule has 2 heterocycles. The Labute approximate surface area is 122 Å². The Kier molecular flexibility index (Phi) is 3.99. The molecule has 1 atom stereocenters. The van der Waals surface area contributed by atoms with Crippen molar-refractivity contribution in [2.75, 3.05) is 19.8 Å². The van der Waals surface area contributed by atoms with Gasteiger partial charge in [-0.25, -0.2) is 0 Å². The molecule has 0 bridgehead atoms. The van der Waals surface area contributed by atoms with E-state index in [1.807, 2.05) is 0 Å². The number of nitrogens with one attached hydrogen (secondary N) is 1. The van der Waals surface area contributed by atoms with Crippen molar-refractivity contribution in [2.24, 2.45) is 0 Å². The van der Waals surface area contributed by atoms with Crippen LogP contribution in [0, 0.1) is 6.92 Å². The van der Waals surface area contributed by atoms with Crippen LogP contribution in [-0.2, 0) is 0 Å². The lowest BCUT2D eigenvalue weighted by Crippen LogP contribution is -2.27. The molecule has 1 aromatic carbocycles. The summed E-state index contributed by atoms with van der Waals surface area (Å²) in [6.07, 6.45) is 4.72. The Balaban J connectivity index is 2.01. The highest BCUT2D eigenvalue weighted by atomic mass is 79.9. The second-order valence-corrected chi connectivity index (χ2v) is 6.14. The number of piperidine rings is 1. The summed E-state index contributed by atoms with van der Waals surface area (Å²) in [4.78, 5) is 0. The van der Waals surface area contributed by atoms with Gasteiger partial charge in [0.15, 0.2) is 11.5 Å². The van der Waals surface area contributed by atoms with Crippen LogP contribution in [-0.4, -0.2) is 19.8 Å². The van der Waals surface area contributed by atoms with Gasteiger partial charge in [0.1, 0.15) is 0 Å². The summed E-state index contributed by atoms with van der Waals surface area (Å²) in [5.74, 6) is 1.80. The summed E-state index contributed by atoms with van der Waals surface area (Å²) in [6.45, 7) is 4.72. The van der Waals surface area contributed by atoms with Crippen molar-refractivity contribution >= 4 is 15.9 Å². The second kappa shape index (κ2) is 5.71. The first-order chi connectivity index (χ1) is 9.27. The fourth-order valence-corrected chi connectivity index (χ4v) is 3.46. The average Bonchev–Trinajstić information content (AvgIpc) is 2.70. The van der Waals surface area contributed by atoms with E-state index in [1.165, 1.54) is 30.4 Å². The number of rotatable bonds is 1. The van der Waals surface area contributed by atoms with Crippen molar-refractivity contribution in [1.82, 2.24) is 5.32 Å². The van der Waals surface area contributed by atoms with Crippen molar-refractivity contribution < 1.29 is 9.47 Å². The van der Waals surface area contributed by atoms with Gasteiger partial charge in [-0.3, -0.25) is 0 Å². The maximum atomic E-state index is 5.91. The molecule has 1 saturated heterocycles. The van der Waals surface area contributed by atoms with Crippen LogP contribution in [0.4, 0.5) is 0 Å². The molecule has 3 nitrogen and oxygen atoms in total. The summed E-state index contributed by atoms with van der Waals surface area (Å²) in [5, 5.41) is 3.61. The topological polar surface area (TPSA) is 30.5 Å². The van der Waals surface area contributed by atoms with Gasteiger partial charge in [-0.15, -0.1) is 0 Å². The van der Waals surface area contributed by atoms with E-state index in [0.29, 0.717) is 6.04 Å². The molecule has 4 heteroatoms. The molecule has 0 radical (unpaired) electrons. The lowest BCUT2D eigenvalue weighted by Gasteiger charge is -2.27. The van der Waals surface area contributed by atoms with Gasteiger partial charge < -0.3 is 14.8 Å². The van der Waals surface area contributed by atoms with E-state index in [1.54, 1.807) is 0 Å². The number of halogens is 1. The van der Waals surface area contributed by atoms with Gasteiger partial charge in [0.2, 0.25) is 0 Å². The van der Waals surface area contributed by atoms with Crippen LogP contribution < -0.4 is 14.8 Å². The number of ether oxygens (including phenoxy) is 2. The van der Waals surface area contributed by atoms with Crippen molar-refractivity contribution in [3.8, 4) is 11.5 Å². The second-order valence-electron chi connectivity index (χ2n) is 5.28. The predicted molar refractivity (Wildman–Crippen MR) is 79.1 cm³/mol. The summed E-state index contributed by atoms with van der Waals surface area (Å²) < 4.78 is 12.7. The molecule has 0 aromatic heterocycles. The monoisotopic (exact) mass is 325 g/mol. The normalized spacial score (nSPS) is 22.9. The molecule has 1 aromatic rings. The molecule has 1 fully saturated rings. The Morgan fingerprint density at radius 1 is 1.16 bits per heavy atom. The van der Waals surface area contributed by atoms with Crippen molar-refractivity contribution in [3.05, 3.63) is 21.7 Å². The van der Waals surface area contributed by atoms with Crippen molar-refractivity contribution in [2.45, 2.75) is 38.6 Å². The van der Waals surface area contributed by atoms with E-state index < -0.39 is 0 Å². The molecule has 2 aliphatic heterocycles. The molecule has 0 spiro atoms. The summed E-state index contributed by atoms with van der Waals surface area (Å²) in [5.41, 5.74) is 2.57. The lowest BCUT2D eigenvalue weighted by molar-refractivity contribution is 0.296. The quantitative estimate of drug-likeness (QED) is 0.853. The van der Waals surface area contributed by atoms with E-state index >= 15 is 0 Å². The number of hydrogen-bond donors (Lipinski definition) is 1. The van der Waals surface area contributed by atoms with Crippen LogP contribution in [0.1, 0.15) is 42.9 Å².